The van der Waals surface area contributed by atoms with Crippen LogP contribution in [0.4, 0.5) is 10.7 Å². The zero-order valence-electron chi connectivity index (χ0n) is 15.6. The molecule has 1 aliphatic rings. The van der Waals surface area contributed by atoms with Gasteiger partial charge in [-0.3, -0.25) is 14.9 Å². The summed E-state index contributed by atoms with van der Waals surface area (Å²) >= 11 is 1.41. The molecule has 1 aromatic heterocycles. The van der Waals surface area contributed by atoms with E-state index in [9.17, 15) is 19.7 Å². The summed E-state index contributed by atoms with van der Waals surface area (Å²) in [6.07, 6.45) is 5.45. The zero-order chi connectivity index (χ0) is 20.3. The number of nitro groups is 1. The number of fused-ring (bicyclic) bond motifs is 1. The van der Waals surface area contributed by atoms with Gasteiger partial charge in [-0.1, -0.05) is 19.1 Å². The Kier molecular flexibility index (Phi) is 5.89. The van der Waals surface area contributed by atoms with Crippen LogP contribution >= 0.6 is 11.3 Å². The molecular formula is C20H20N2O5S. The summed E-state index contributed by atoms with van der Waals surface area (Å²) < 4.78 is 4.91. The highest BCUT2D eigenvalue weighted by molar-refractivity contribution is 7.17. The van der Waals surface area contributed by atoms with E-state index < -0.39 is 16.8 Å². The molecule has 1 atom stereocenters. The molecule has 8 heteroatoms. The lowest BCUT2D eigenvalue weighted by Crippen LogP contribution is -2.14. The molecule has 28 heavy (non-hydrogen) atoms. The van der Waals surface area contributed by atoms with E-state index in [1.165, 1.54) is 42.7 Å². The van der Waals surface area contributed by atoms with Crippen molar-refractivity contribution in [3.8, 4) is 0 Å². The Labute approximate surface area is 166 Å². The molecular weight excluding hydrogens is 380 g/mol. The van der Waals surface area contributed by atoms with Crippen LogP contribution in [0.1, 0.15) is 39.7 Å². The average molecular weight is 400 g/mol. The summed E-state index contributed by atoms with van der Waals surface area (Å²) in [7, 11) is 1.33. The van der Waals surface area contributed by atoms with Gasteiger partial charge in [-0.2, -0.15) is 0 Å². The number of non-ortho nitro benzene ring substituents is 1. The first-order valence-corrected chi connectivity index (χ1v) is 9.67. The monoisotopic (exact) mass is 400 g/mol. The van der Waals surface area contributed by atoms with Gasteiger partial charge >= 0.3 is 5.97 Å². The summed E-state index contributed by atoms with van der Waals surface area (Å²) in [5.41, 5.74) is 1.90. The normalized spacial score (nSPS) is 15.9. The van der Waals surface area contributed by atoms with Crippen molar-refractivity contribution in [2.75, 3.05) is 12.4 Å². The first-order chi connectivity index (χ1) is 13.4. The third kappa shape index (κ3) is 4.28. The predicted molar refractivity (Wildman–Crippen MR) is 108 cm³/mol. The van der Waals surface area contributed by atoms with Crippen LogP contribution in [0.15, 0.2) is 30.3 Å². The lowest BCUT2D eigenvalue weighted by Gasteiger charge is -2.18. The van der Waals surface area contributed by atoms with E-state index in [4.69, 9.17) is 4.74 Å². The third-order valence-corrected chi connectivity index (χ3v) is 5.82. The second-order valence-corrected chi connectivity index (χ2v) is 7.83. The van der Waals surface area contributed by atoms with Gasteiger partial charge in [0, 0.05) is 23.1 Å². The number of carbonyl (C=O) groups excluding carboxylic acids is 2. The third-order valence-electron chi connectivity index (χ3n) is 4.65. The summed E-state index contributed by atoms with van der Waals surface area (Å²) in [4.78, 5) is 36.1. The van der Waals surface area contributed by atoms with Crippen molar-refractivity contribution in [1.82, 2.24) is 0 Å². The van der Waals surface area contributed by atoms with Crippen molar-refractivity contribution in [3.05, 3.63) is 62.0 Å². The quantitative estimate of drug-likeness (QED) is 0.351. The number of carbonyl (C=O) groups is 2. The van der Waals surface area contributed by atoms with Crippen LogP contribution in [-0.4, -0.2) is 23.9 Å². The molecule has 7 nitrogen and oxygen atoms in total. The van der Waals surface area contributed by atoms with Crippen LogP contribution in [0, 0.1) is 16.0 Å². The molecule has 0 radical (unpaired) electrons. The van der Waals surface area contributed by atoms with Gasteiger partial charge in [0.05, 0.1) is 17.6 Å². The number of nitrogens with one attached hydrogen (secondary N) is 1. The van der Waals surface area contributed by atoms with Crippen LogP contribution in [0.25, 0.3) is 6.08 Å². The number of esters is 1. The second kappa shape index (κ2) is 8.35. The maximum atomic E-state index is 12.4. The summed E-state index contributed by atoms with van der Waals surface area (Å²) in [5.74, 6) is -0.331. The highest BCUT2D eigenvalue weighted by Crippen LogP contribution is 2.40. The molecule has 0 aliphatic heterocycles. The molecule has 1 amide bonds. The Morgan fingerprint density at radius 2 is 2.18 bits per heavy atom. The lowest BCUT2D eigenvalue weighted by molar-refractivity contribution is -0.384. The van der Waals surface area contributed by atoms with Gasteiger partial charge in [-0.05, 0) is 42.4 Å². The van der Waals surface area contributed by atoms with Crippen LogP contribution in [0.5, 0.6) is 0 Å². The molecule has 0 spiro atoms. The Bertz CT molecular complexity index is 964. The Hall–Kier alpha value is -3.00. The number of rotatable bonds is 5. The highest BCUT2D eigenvalue weighted by atomic mass is 32.1. The van der Waals surface area contributed by atoms with E-state index in [-0.39, 0.29) is 5.69 Å². The highest BCUT2D eigenvalue weighted by Gasteiger charge is 2.28. The summed E-state index contributed by atoms with van der Waals surface area (Å²) in [6.45, 7) is 2.17. The van der Waals surface area contributed by atoms with Crippen LogP contribution in [0.2, 0.25) is 0 Å². The molecule has 0 fully saturated rings. The van der Waals surface area contributed by atoms with Gasteiger partial charge in [0.25, 0.3) is 5.69 Å². The van der Waals surface area contributed by atoms with Gasteiger partial charge < -0.3 is 10.1 Å². The molecule has 2 aromatic rings. The van der Waals surface area contributed by atoms with Crippen molar-refractivity contribution in [1.29, 1.82) is 0 Å². The van der Waals surface area contributed by atoms with E-state index in [0.717, 1.165) is 29.7 Å². The lowest BCUT2D eigenvalue weighted by atomic mass is 9.88. The first-order valence-electron chi connectivity index (χ1n) is 8.85. The number of nitro benzene ring substituents is 1. The fraction of sp³-hybridized carbons (Fsp3) is 0.300. The molecule has 1 aromatic carbocycles. The van der Waals surface area contributed by atoms with E-state index in [1.54, 1.807) is 12.1 Å². The summed E-state index contributed by atoms with van der Waals surface area (Å²) in [6, 6.07) is 5.99. The van der Waals surface area contributed by atoms with Crippen molar-refractivity contribution < 1.29 is 19.2 Å². The molecule has 1 heterocycles. The fourth-order valence-electron chi connectivity index (χ4n) is 3.22. The Morgan fingerprint density at radius 1 is 1.39 bits per heavy atom. The number of thiophene rings is 1. The maximum Gasteiger partial charge on any atom is 0.341 e. The summed E-state index contributed by atoms with van der Waals surface area (Å²) in [5, 5.41) is 14.1. The van der Waals surface area contributed by atoms with Gasteiger partial charge in [0.2, 0.25) is 5.91 Å². The molecule has 0 bridgehead atoms. The molecule has 1 aliphatic carbocycles. The molecule has 3 rings (SSSR count). The molecule has 0 saturated heterocycles. The number of nitrogens with zero attached hydrogens (tertiary/aromatic N) is 1. The van der Waals surface area contributed by atoms with Gasteiger partial charge in [-0.15, -0.1) is 11.3 Å². The van der Waals surface area contributed by atoms with Gasteiger partial charge in [0.15, 0.2) is 0 Å². The SMILES string of the molecule is COC(=O)c1c(NC(=O)/C=C/c2cccc([N+](=O)[O-])c2)sc2c1CC[C@@H](C)C2. The van der Waals surface area contributed by atoms with E-state index >= 15 is 0 Å². The number of hydrogen-bond acceptors (Lipinski definition) is 6. The van der Waals surface area contributed by atoms with Gasteiger partial charge in [0.1, 0.15) is 5.00 Å². The molecule has 0 saturated carbocycles. The Morgan fingerprint density at radius 3 is 2.89 bits per heavy atom. The number of amides is 1. The van der Waals surface area contributed by atoms with Crippen molar-refractivity contribution in [3.63, 3.8) is 0 Å². The Balaban J connectivity index is 1.81. The minimum Gasteiger partial charge on any atom is -0.465 e. The minimum atomic E-state index is -0.489. The van der Waals surface area contributed by atoms with E-state index in [0.29, 0.717) is 22.0 Å². The molecule has 146 valence electrons. The van der Waals surface area contributed by atoms with Crippen LogP contribution in [-0.2, 0) is 22.4 Å². The molecule has 0 unspecified atom stereocenters. The average Bonchev–Trinajstić information content (AvgIpc) is 3.02. The van der Waals surface area contributed by atoms with Crippen LogP contribution < -0.4 is 5.32 Å². The first kappa shape index (κ1) is 19.8. The molecule has 1 N–H and O–H groups in total. The zero-order valence-corrected chi connectivity index (χ0v) is 16.4. The topological polar surface area (TPSA) is 98.5 Å². The number of methoxy groups -OCH3 is 1. The number of ether oxygens (including phenoxy) is 1. The largest absolute Gasteiger partial charge is 0.465 e. The van der Waals surface area contributed by atoms with Crippen LogP contribution in [0.3, 0.4) is 0 Å². The van der Waals surface area contributed by atoms with Crippen molar-refractivity contribution >= 4 is 40.0 Å². The number of anilines is 1. The van der Waals surface area contributed by atoms with Gasteiger partial charge in [-0.25, -0.2) is 4.79 Å². The number of hydrogen-bond donors (Lipinski definition) is 1. The van der Waals surface area contributed by atoms with Crippen molar-refractivity contribution in [2.45, 2.75) is 26.2 Å². The standard InChI is InChI=1S/C20H20N2O5S/c1-12-6-8-15-16(10-12)28-19(18(15)20(24)27-2)21-17(23)9-7-13-4-3-5-14(11-13)22(25)26/h3-5,7,9,11-12H,6,8,10H2,1-2H3,(H,21,23)/b9-7+/t12-/m1/s1. The maximum absolute atomic E-state index is 12.4. The van der Waals surface area contributed by atoms with E-state index in [1.807, 2.05) is 0 Å². The fourth-order valence-corrected chi connectivity index (χ4v) is 4.63. The smallest absolute Gasteiger partial charge is 0.341 e. The minimum absolute atomic E-state index is 0.0458. The van der Waals surface area contributed by atoms with Crippen molar-refractivity contribution in [2.24, 2.45) is 5.92 Å². The second-order valence-electron chi connectivity index (χ2n) is 6.72. The van der Waals surface area contributed by atoms with E-state index in [2.05, 4.69) is 12.2 Å². The number of benzene rings is 1. The predicted octanol–water partition coefficient (Wildman–Crippen LogP) is 4.22.